The molecule has 3 aromatic carbocycles. The lowest BCUT2D eigenvalue weighted by molar-refractivity contribution is 0.629. The molecule has 0 amide bonds. The molecule has 2 heteroatoms. The predicted octanol–water partition coefficient (Wildman–Crippen LogP) is 6.25. The highest BCUT2D eigenvalue weighted by atomic mass is 35.5. The van der Waals surface area contributed by atoms with Crippen molar-refractivity contribution in [1.82, 2.24) is 0 Å². The molecule has 0 bridgehead atoms. The van der Waals surface area contributed by atoms with Gasteiger partial charge in [-0.15, -0.1) is 0 Å². The molecule has 0 fully saturated rings. The van der Waals surface area contributed by atoms with Crippen LogP contribution in [0.1, 0.15) is 18.9 Å². The largest absolute Gasteiger partial charge is 0.205 e. The van der Waals surface area contributed by atoms with E-state index in [4.69, 9.17) is 11.6 Å². The summed E-state index contributed by atoms with van der Waals surface area (Å²) < 4.78 is 13.6. The first-order chi connectivity index (χ1) is 10.2. The van der Waals surface area contributed by atoms with Crippen molar-refractivity contribution in [2.24, 2.45) is 0 Å². The van der Waals surface area contributed by atoms with Crippen molar-refractivity contribution >= 4 is 22.4 Å². The summed E-state index contributed by atoms with van der Waals surface area (Å²) in [5, 5.41) is 2.55. The summed E-state index contributed by atoms with van der Waals surface area (Å²) in [6, 6.07) is 17.7. The summed E-state index contributed by atoms with van der Waals surface area (Å²) in [6.07, 6.45) is 2.24. The molecular weight excluding hydrogens is 283 g/mol. The molecule has 0 saturated carbocycles. The van der Waals surface area contributed by atoms with Crippen LogP contribution in [0.4, 0.5) is 4.39 Å². The zero-order chi connectivity index (χ0) is 14.8. The van der Waals surface area contributed by atoms with Crippen LogP contribution in [0.2, 0.25) is 5.02 Å². The van der Waals surface area contributed by atoms with Crippen molar-refractivity contribution in [3.8, 4) is 11.1 Å². The van der Waals surface area contributed by atoms with Crippen molar-refractivity contribution in [1.29, 1.82) is 0 Å². The molecule has 0 unspecified atom stereocenters. The number of aryl methyl sites for hydroxylation is 1. The van der Waals surface area contributed by atoms with Gasteiger partial charge in [0.1, 0.15) is 5.82 Å². The second-order valence-electron chi connectivity index (χ2n) is 5.28. The van der Waals surface area contributed by atoms with Crippen molar-refractivity contribution in [3.05, 3.63) is 71.0 Å². The molecule has 0 spiro atoms. The molecule has 0 atom stereocenters. The summed E-state index contributed by atoms with van der Waals surface area (Å²) in [4.78, 5) is 0. The summed E-state index contributed by atoms with van der Waals surface area (Å²) in [5.74, 6) is -0.382. The molecule has 3 rings (SSSR count). The van der Waals surface area contributed by atoms with Crippen LogP contribution in [0.3, 0.4) is 0 Å². The van der Waals surface area contributed by atoms with Crippen LogP contribution in [-0.2, 0) is 6.42 Å². The second kappa shape index (κ2) is 5.87. The molecule has 0 aliphatic carbocycles. The Morgan fingerprint density at radius 2 is 1.52 bits per heavy atom. The zero-order valence-electron chi connectivity index (χ0n) is 11.9. The molecule has 106 valence electrons. The minimum atomic E-state index is -0.382. The first-order valence-electron chi connectivity index (χ1n) is 7.15. The Hall–Kier alpha value is -1.86. The van der Waals surface area contributed by atoms with Gasteiger partial charge >= 0.3 is 0 Å². The maximum atomic E-state index is 13.6. The quantitative estimate of drug-likeness (QED) is 0.536. The Balaban J connectivity index is 2.04. The lowest BCUT2D eigenvalue weighted by Gasteiger charge is -2.07. The SMILES string of the molecule is CCCc1ccc2cc(-c3ccc(Cl)c(F)c3)ccc2c1. The topological polar surface area (TPSA) is 0 Å². The van der Waals surface area contributed by atoms with Gasteiger partial charge in [-0.1, -0.05) is 61.3 Å². The van der Waals surface area contributed by atoms with E-state index in [1.807, 2.05) is 12.1 Å². The monoisotopic (exact) mass is 298 g/mol. The molecule has 0 N–H and O–H groups in total. The van der Waals surface area contributed by atoms with Gasteiger partial charge in [-0.3, -0.25) is 0 Å². The standard InChI is InChI=1S/C19H16ClF/c1-2-3-13-4-5-15-11-16(7-6-14(15)10-13)17-8-9-18(20)19(21)12-17/h4-12H,2-3H2,1H3. The van der Waals surface area contributed by atoms with E-state index in [0.717, 1.165) is 24.0 Å². The first kappa shape index (κ1) is 14.1. The third kappa shape index (κ3) is 2.93. The van der Waals surface area contributed by atoms with Crippen LogP contribution in [-0.4, -0.2) is 0 Å². The van der Waals surface area contributed by atoms with Gasteiger partial charge in [-0.05, 0) is 52.1 Å². The van der Waals surface area contributed by atoms with Crippen molar-refractivity contribution in [2.45, 2.75) is 19.8 Å². The van der Waals surface area contributed by atoms with E-state index in [9.17, 15) is 4.39 Å². The number of hydrogen-bond donors (Lipinski definition) is 0. The molecule has 0 nitrogen and oxygen atoms in total. The van der Waals surface area contributed by atoms with E-state index in [2.05, 4.69) is 37.3 Å². The number of benzene rings is 3. The Labute approximate surface area is 129 Å². The lowest BCUT2D eigenvalue weighted by atomic mass is 9.99. The zero-order valence-corrected chi connectivity index (χ0v) is 12.6. The van der Waals surface area contributed by atoms with Crippen LogP contribution >= 0.6 is 11.6 Å². The van der Waals surface area contributed by atoms with Crippen LogP contribution in [0.25, 0.3) is 21.9 Å². The molecule has 0 heterocycles. The number of halogens is 2. The molecule has 0 aliphatic heterocycles. The normalized spacial score (nSPS) is 11.0. The van der Waals surface area contributed by atoms with E-state index in [0.29, 0.717) is 0 Å². The minimum absolute atomic E-state index is 0.156. The van der Waals surface area contributed by atoms with Gasteiger partial charge in [0.15, 0.2) is 0 Å². The smallest absolute Gasteiger partial charge is 0.142 e. The van der Waals surface area contributed by atoms with Gasteiger partial charge < -0.3 is 0 Å². The fourth-order valence-corrected chi connectivity index (χ4v) is 2.71. The first-order valence-corrected chi connectivity index (χ1v) is 7.53. The van der Waals surface area contributed by atoms with Crippen molar-refractivity contribution in [2.75, 3.05) is 0 Å². The average Bonchev–Trinajstić information content (AvgIpc) is 2.50. The third-order valence-corrected chi connectivity index (χ3v) is 4.00. The van der Waals surface area contributed by atoms with E-state index in [-0.39, 0.29) is 10.8 Å². The van der Waals surface area contributed by atoms with Crippen molar-refractivity contribution < 1.29 is 4.39 Å². The predicted molar refractivity (Wildman–Crippen MR) is 88.3 cm³/mol. The lowest BCUT2D eigenvalue weighted by Crippen LogP contribution is -1.85. The number of rotatable bonds is 3. The summed E-state index contributed by atoms with van der Waals surface area (Å²) in [5.41, 5.74) is 3.20. The van der Waals surface area contributed by atoms with Gasteiger partial charge in [0.2, 0.25) is 0 Å². The average molecular weight is 299 g/mol. The Kier molecular flexibility index (Phi) is 3.94. The van der Waals surface area contributed by atoms with Gasteiger partial charge in [-0.2, -0.15) is 0 Å². The van der Waals surface area contributed by atoms with Gasteiger partial charge in [0.25, 0.3) is 0 Å². The number of hydrogen-bond acceptors (Lipinski definition) is 0. The summed E-state index contributed by atoms with van der Waals surface area (Å²) in [7, 11) is 0. The van der Waals surface area contributed by atoms with Crippen LogP contribution in [0, 0.1) is 5.82 Å². The van der Waals surface area contributed by atoms with E-state index >= 15 is 0 Å². The molecule has 0 aromatic heterocycles. The Bertz CT molecular complexity index is 793. The van der Waals surface area contributed by atoms with Gasteiger partial charge in [0.05, 0.1) is 5.02 Å². The fourth-order valence-electron chi connectivity index (χ4n) is 2.59. The molecule has 3 aromatic rings. The highest BCUT2D eigenvalue weighted by molar-refractivity contribution is 6.30. The van der Waals surface area contributed by atoms with Crippen molar-refractivity contribution in [3.63, 3.8) is 0 Å². The Morgan fingerprint density at radius 3 is 2.29 bits per heavy atom. The maximum absolute atomic E-state index is 13.6. The highest BCUT2D eigenvalue weighted by Crippen LogP contribution is 2.28. The van der Waals surface area contributed by atoms with Gasteiger partial charge in [0, 0.05) is 0 Å². The van der Waals surface area contributed by atoms with Crippen LogP contribution in [0.5, 0.6) is 0 Å². The third-order valence-electron chi connectivity index (χ3n) is 3.70. The van der Waals surface area contributed by atoms with E-state index < -0.39 is 0 Å². The maximum Gasteiger partial charge on any atom is 0.142 e. The minimum Gasteiger partial charge on any atom is -0.205 e. The van der Waals surface area contributed by atoms with Crippen LogP contribution < -0.4 is 0 Å². The summed E-state index contributed by atoms with van der Waals surface area (Å²) in [6.45, 7) is 2.18. The highest BCUT2D eigenvalue weighted by Gasteiger charge is 2.05. The molecule has 0 aliphatic rings. The molecular formula is C19H16ClF. The van der Waals surface area contributed by atoms with Gasteiger partial charge in [-0.25, -0.2) is 4.39 Å². The Morgan fingerprint density at radius 1 is 0.857 bits per heavy atom. The van der Waals surface area contributed by atoms with Crippen LogP contribution in [0.15, 0.2) is 54.6 Å². The molecule has 21 heavy (non-hydrogen) atoms. The molecule has 0 saturated heterocycles. The van der Waals surface area contributed by atoms with E-state index in [1.165, 1.54) is 22.4 Å². The number of fused-ring (bicyclic) bond motifs is 1. The second-order valence-corrected chi connectivity index (χ2v) is 5.68. The molecule has 0 radical (unpaired) electrons. The van der Waals surface area contributed by atoms with E-state index in [1.54, 1.807) is 6.07 Å². The summed E-state index contributed by atoms with van der Waals surface area (Å²) >= 11 is 5.74. The fraction of sp³-hybridized carbons (Fsp3) is 0.158.